The van der Waals surface area contributed by atoms with E-state index < -0.39 is 6.10 Å². The van der Waals surface area contributed by atoms with Crippen molar-refractivity contribution in [3.8, 4) is 0 Å². The number of hydrogen-bond donors (Lipinski definition) is 1. The molecule has 1 aromatic rings. The van der Waals surface area contributed by atoms with E-state index in [4.69, 9.17) is 4.74 Å². The minimum atomic E-state index is -0.424. The Labute approximate surface area is 97.9 Å². The van der Waals surface area contributed by atoms with Gasteiger partial charge in [-0.05, 0) is 13.8 Å². The summed E-state index contributed by atoms with van der Waals surface area (Å²) in [6, 6.07) is 0. The third-order valence-corrected chi connectivity index (χ3v) is 4.73. The van der Waals surface area contributed by atoms with Crippen molar-refractivity contribution in [1.82, 2.24) is 4.98 Å². The van der Waals surface area contributed by atoms with Crippen molar-refractivity contribution < 1.29 is 9.84 Å². The molecule has 2 unspecified atom stereocenters. The molecule has 0 aromatic carbocycles. The van der Waals surface area contributed by atoms with E-state index in [1.807, 2.05) is 18.7 Å². The topological polar surface area (TPSA) is 42.4 Å². The lowest BCUT2D eigenvalue weighted by molar-refractivity contribution is 0.0754. The van der Waals surface area contributed by atoms with E-state index in [1.165, 1.54) is 0 Å². The van der Waals surface area contributed by atoms with Crippen LogP contribution in [0.25, 0.3) is 0 Å². The van der Waals surface area contributed by atoms with Gasteiger partial charge in [0, 0.05) is 11.5 Å². The van der Waals surface area contributed by atoms with Gasteiger partial charge in [0.15, 0.2) is 0 Å². The average Bonchev–Trinajstić information content (AvgIpc) is 2.62. The lowest BCUT2D eigenvalue weighted by Gasteiger charge is -2.19. The molecule has 1 fully saturated rings. The molecule has 0 radical (unpaired) electrons. The van der Waals surface area contributed by atoms with Gasteiger partial charge in [0.05, 0.1) is 23.3 Å². The number of thioether (sulfide) groups is 1. The molecule has 0 amide bonds. The monoisotopic (exact) mass is 245 g/mol. The molecule has 5 heteroatoms. The van der Waals surface area contributed by atoms with E-state index in [9.17, 15) is 5.11 Å². The Bertz CT molecular complexity index is 332. The highest BCUT2D eigenvalue weighted by Gasteiger charge is 2.22. The summed E-state index contributed by atoms with van der Waals surface area (Å²) in [6.07, 6.45) is -0.299. The van der Waals surface area contributed by atoms with Crippen molar-refractivity contribution in [3.05, 3.63) is 15.6 Å². The molecule has 84 valence electrons. The first-order valence-electron chi connectivity index (χ1n) is 5.03. The van der Waals surface area contributed by atoms with Gasteiger partial charge in [0.25, 0.3) is 0 Å². The number of rotatable bonds is 2. The molecule has 2 rings (SSSR count). The average molecular weight is 245 g/mol. The van der Waals surface area contributed by atoms with Crippen LogP contribution in [0.15, 0.2) is 0 Å². The Morgan fingerprint density at radius 1 is 1.60 bits per heavy atom. The highest BCUT2D eigenvalue weighted by atomic mass is 32.2. The van der Waals surface area contributed by atoms with Gasteiger partial charge in [-0.15, -0.1) is 11.3 Å². The first-order chi connectivity index (χ1) is 7.18. The number of nitrogens with zero attached hydrogens (tertiary/aromatic N) is 1. The van der Waals surface area contributed by atoms with E-state index >= 15 is 0 Å². The summed E-state index contributed by atoms with van der Waals surface area (Å²) < 4.78 is 5.66. The highest BCUT2D eigenvalue weighted by molar-refractivity contribution is 7.99. The van der Waals surface area contributed by atoms with Gasteiger partial charge in [-0.1, -0.05) is 0 Å². The van der Waals surface area contributed by atoms with Gasteiger partial charge >= 0.3 is 0 Å². The van der Waals surface area contributed by atoms with Crippen LogP contribution in [0, 0.1) is 6.92 Å². The Hall–Kier alpha value is -0.100. The van der Waals surface area contributed by atoms with Crippen LogP contribution in [0.5, 0.6) is 0 Å². The molecule has 1 aromatic heterocycles. The second-order valence-corrected chi connectivity index (χ2v) is 5.82. The lowest BCUT2D eigenvalue weighted by Crippen LogP contribution is -2.15. The zero-order valence-electron chi connectivity index (χ0n) is 8.90. The van der Waals surface area contributed by atoms with Gasteiger partial charge in [0.2, 0.25) is 0 Å². The van der Waals surface area contributed by atoms with Crippen LogP contribution in [-0.2, 0) is 4.74 Å². The standard InChI is InChI=1S/C10H15NO2S2/c1-6-9(7(2)12)15-10(11-6)8-5-14-4-3-13-8/h7-8,12H,3-5H2,1-2H3. The van der Waals surface area contributed by atoms with Crippen LogP contribution in [0.1, 0.15) is 34.7 Å². The van der Waals surface area contributed by atoms with Crippen molar-refractivity contribution in [2.24, 2.45) is 0 Å². The molecular formula is C10H15NO2S2. The second kappa shape index (κ2) is 4.82. The highest BCUT2D eigenvalue weighted by Crippen LogP contribution is 2.33. The number of ether oxygens (including phenoxy) is 1. The fourth-order valence-corrected chi connectivity index (χ4v) is 3.59. The largest absolute Gasteiger partial charge is 0.388 e. The number of aryl methyl sites for hydroxylation is 1. The van der Waals surface area contributed by atoms with Crippen LogP contribution < -0.4 is 0 Å². The van der Waals surface area contributed by atoms with Crippen LogP contribution in [0.2, 0.25) is 0 Å². The Balaban J connectivity index is 2.17. The molecule has 1 saturated heterocycles. The number of thiazole rings is 1. The molecule has 2 heterocycles. The summed E-state index contributed by atoms with van der Waals surface area (Å²) in [5.74, 6) is 2.05. The fraction of sp³-hybridized carbons (Fsp3) is 0.700. The lowest BCUT2D eigenvalue weighted by atomic mass is 10.3. The molecule has 2 atom stereocenters. The van der Waals surface area contributed by atoms with E-state index in [2.05, 4.69) is 4.98 Å². The van der Waals surface area contributed by atoms with Crippen molar-refractivity contribution in [2.75, 3.05) is 18.1 Å². The number of hydrogen-bond acceptors (Lipinski definition) is 5. The normalized spacial score (nSPS) is 24.1. The summed E-state index contributed by atoms with van der Waals surface area (Å²) in [5, 5.41) is 10.6. The van der Waals surface area contributed by atoms with Crippen molar-refractivity contribution in [1.29, 1.82) is 0 Å². The summed E-state index contributed by atoms with van der Waals surface area (Å²) in [6.45, 7) is 4.52. The van der Waals surface area contributed by atoms with Crippen molar-refractivity contribution in [2.45, 2.75) is 26.1 Å². The molecule has 1 aliphatic rings. The van der Waals surface area contributed by atoms with Crippen molar-refractivity contribution >= 4 is 23.1 Å². The van der Waals surface area contributed by atoms with E-state index in [0.717, 1.165) is 33.7 Å². The molecule has 0 spiro atoms. The van der Waals surface area contributed by atoms with E-state index in [0.29, 0.717) is 0 Å². The van der Waals surface area contributed by atoms with E-state index in [-0.39, 0.29) is 6.10 Å². The van der Waals surface area contributed by atoms with Gasteiger partial charge in [-0.3, -0.25) is 0 Å². The minimum absolute atomic E-state index is 0.125. The maximum Gasteiger partial charge on any atom is 0.123 e. The Morgan fingerprint density at radius 2 is 2.40 bits per heavy atom. The van der Waals surface area contributed by atoms with Crippen molar-refractivity contribution in [3.63, 3.8) is 0 Å². The smallest absolute Gasteiger partial charge is 0.123 e. The van der Waals surface area contributed by atoms with Crippen LogP contribution in [0.4, 0.5) is 0 Å². The predicted molar refractivity (Wildman–Crippen MR) is 63.5 cm³/mol. The first-order valence-corrected chi connectivity index (χ1v) is 7.00. The number of aliphatic hydroxyl groups excluding tert-OH is 1. The van der Waals surface area contributed by atoms with Gasteiger partial charge < -0.3 is 9.84 Å². The fourth-order valence-electron chi connectivity index (χ4n) is 1.59. The quantitative estimate of drug-likeness (QED) is 0.868. The zero-order valence-corrected chi connectivity index (χ0v) is 10.5. The first kappa shape index (κ1) is 11.4. The summed E-state index contributed by atoms with van der Waals surface area (Å²) in [5.41, 5.74) is 0.934. The molecular weight excluding hydrogens is 230 g/mol. The molecule has 15 heavy (non-hydrogen) atoms. The van der Waals surface area contributed by atoms with Crippen LogP contribution in [0.3, 0.4) is 0 Å². The summed E-state index contributed by atoms with van der Waals surface area (Å²) in [4.78, 5) is 5.44. The SMILES string of the molecule is Cc1nc(C2CSCCO2)sc1C(C)O. The predicted octanol–water partition coefficient (Wildman–Crippen LogP) is 2.31. The molecule has 0 aliphatic carbocycles. The summed E-state index contributed by atoms with van der Waals surface area (Å²) >= 11 is 3.48. The van der Waals surface area contributed by atoms with Gasteiger partial charge in [0.1, 0.15) is 11.1 Å². The summed E-state index contributed by atoms with van der Waals surface area (Å²) in [7, 11) is 0. The van der Waals surface area contributed by atoms with Gasteiger partial charge in [-0.25, -0.2) is 4.98 Å². The molecule has 3 nitrogen and oxygen atoms in total. The maximum absolute atomic E-state index is 9.54. The third-order valence-electron chi connectivity index (χ3n) is 2.32. The molecule has 0 bridgehead atoms. The molecule has 0 saturated carbocycles. The Kier molecular flexibility index (Phi) is 3.66. The van der Waals surface area contributed by atoms with Crippen LogP contribution >= 0.6 is 23.1 Å². The zero-order chi connectivity index (χ0) is 10.8. The third kappa shape index (κ3) is 2.53. The molecule has 1 N–H and O–H groups in total. The molecule has 1 aliphatic heterocycles. The number of aliphatic hydroxyl groups is 1. The van der Waals surface area contributed by atoms with Gasteiger partial charge in [-0.2, -0.15) is 11.8 Å². The van der Waals surface area contributed by atoms with Crippen LogP contribution in [-0.4, -0.2) is 28.2 Å². The maximum atomic E-state index is 9.54. The Morgan fingerprint density at radius 3 is 2.93 bits per heavy atom. The number of aromatic nitrogens is 1. The minimum Gasteiger partial charge on any atom is -0.388 e. The van der Waals surface area contributed by atoms with E-state index in [1.54, 1.807) is 18.3 Å². The second-order valence-electron chi connectivity index (χ2n) is 3.61.